The number of rotatable bonds is 2. The van der Waals surface area contributed by atoms with E-state index < -0.39 is 0 Å². The van der Waals surface area contributed by atoms with Crippen LogP contribution in [0.5, 0.6) is 0 Å². The van der Waals surface area contributed by atoms with Gasteiger partial charge in [-0.25, -0.2) is 0 Å². The van der Waals surface area contributed by atoms with Crippen LogP contribution in [-0.4, -0.2) is 17.8 Å². The molecule has 0 aromatic heterocycles. The molecule has 98 valence electrons. The van der Waals surface area contributed by atoms with E-state index in [9.17, 15) is 5.11 Å². The van der Waals surface area contributed by atoms with Crippen molar-refractivity contribution in [3.8, 4) is 0 Å². The number of ether oxygens (including phenoxy) is 1. The fraction of sp³-hybridized carbons (Fsp3) is 0.867. The highest BCUT2D eigenvalue weighted by Crippen LogP contribution is 2.41. The molecule has 1 fully saturated rings. The number of aliphatic hydroxyl groups is 1. The lowest BCUT2D eigenvalue weighted by Crippen LogP contribution is -2.31. The molecule has 1 aliphatic heterocycles. The zero-order valence-electron chi connectivity index (χ0n) is 11.4. The van der Waals surface area contributed by atoms with Gasteiger partial charge >= 0.3 is 0 Å². The Morgan fingerprint density at radius 1 is 1.24 bits per heavy atom. The molecule has 0 radical (unpaired) electrons. The average Bonchev–Trinajstić information content (AvgIpc) is 2.80. The van der Waals surface area contributed by atoms with Gasteiger partial charge in [0.25, 0.3) is 0 Å². The molecule has 0 bridgehead atoms. The Morgan fingerprint density at radius 3 is 2.35 bits per heavy atom. The maximum absolute atomic E-state index is 10.3. The summed E-state index contributed by atoms with van der Waals surface area (Å²) in [6.45, 7) is 7.74. The molecule has 0 amide bonds. The monoisotopic (exact) mass is 238 g/mol. The zero-order valence-corrected chi connectivity index (χ0v) is 11.4. The SMILES string of the molecule is CC(C)(C)C1CCC(C(O)C2=CCCO2)CC1. The molecule has 0 saturated heterocycles. The topological polar surface area (TPSA) is 29.5 Å². The predicted octanol–water partition coefficient (Wildman–Crippen LogP) is 3.50. The first kappa shape index (κ1) is 12.9. The maximum Gasteiger partial charge on any atom is 0.121 e. The third kappa shape index (κ3) is 3.04. The molecule has 2 heteroatoms. The van der Waals surface area contributed by atoms with Crippen molar-refractivity contribution >= 4 is 0 Å². The molecule has 1 atom stereocenters. The van der Waals surface area contributed by atoms with Gasteiger partial charge < -0.3 is 9.84 Å². The summed E-state index contributed by atoms with van der Waals surface area (Å²) >= 11 is 0. The second kappa shape index (κ2) is 5.01. The summed E-state index contributed by atoms with van der Waals surface area (Å²) in [5.41, 5.74) is 0.416. The first-order valence-corrected chi connectivity index (χ1v) is 6.99. The summed E-state index contributed by atoms with van der Waals surface area (Å²) in [4.78, 5) is 0. The molecule has 0 aromatic rings. The molecule has 1 aliphatic carbocycles. The van der Waals surface area contributed by atoms with Crippen LogP contribution in [-0.2, 0) is 4.74 Å². The zero-order chi connectivity index (χ0) is 12.5. The smallest absolute Gasteiger partial charge is 0.121 e. The highest BCUT2D eigenvalue weighted by atomic mass is 16.5. The van der Waals surface area contributed by atoms with E-state index in [0.29, 0.717) is 11.3 Å². The van der Waals surface area contributed by atoms with Gasteiger partial charge in [0, 0.05) is 6.42 Å². The molecule has 2 rings (SSSR count). The molecule has 2 nitrogen and oxygen atoms in total. The standard InChI is InChI=1S/C15H26O2/c1-15(2,3)12-8-6-11(7-9-12)14(16)13-5-4-10-17-13/h5,11-12,14,16H,4,6-10H2,1-3H3. The Hall–Kier alpha value is -0.500. The number of aliphatic hydroxyl groups excluding tert-OH is 1. The summed E-state index contributed by atoms with van der Waals surface area (Å²) in [5.74, 6) is 2.06. The van der Waals surface area contributed by atoms with Crippen LogP contribution in [0.3, 0.4) is 0 Å². The van der Waals surface area contributed by atoms with E-state index in [4.69, 9.17) is 4.74 Å². The first-order chi connectivity index (χ1) is 7.98. The van der Waals surface area contributed by atoms with Crippen molar-refractivity contribution in [1.82, 2.24) is 0 Å². The van der Waals surface area contributed by atoms with Crippen molar-refractivity contribution in [3.05, 3.63) is 11.8 Å². The molecular formula is C15H26O2. The minimum Gasteiger partial charge on any atom is -0.495 e. The lowest BCUT2D eigenvalue weighted by Gasteiger charge is -2.38. The average molecular weight is 238 g/mol. The summed E-state index contributed by atoms with van der Waals surface area (Å²) < 4.78 is 5.47. The second-order valence-corrected chi connectivity index (χ2v) is 6.67. The lowest BCUT2D eigenvalue weighted by atomic mass is 9.69. The van der Waals surface area contributed by atoms with E-state index in [0.717, 1.165) is 37.5 Å². The van der Waals surface area contributed by atoms with Crippen LogP contribution in [0, 0.1) is 17.3 Å². The predicted molar refractivity (Wildman–Crippen MR) is 69.6 cm³/mol. The minimum atomic E-state index is -0.349. The molecule has 0 aromatic carbocycles. The molecular weight excluding hydrogens is 212 g/mol. The van der Waals surface area contributed by atoms with E-state index in [-0.39, 0.29) is 6.10 Å². The Morgan fingerprint density at radius 2 is 1.88 bits per heavy atom. The van der Waals surface area contributed by atoms with Crippen molar-refractivity contribution in [2.75, 3.05) is 6.61 Å². The summed E-state index contributed by atoms with van der Waals surface area (Å²) in [6, 6.07) is 0. The second-order valence-electron chi connectivity index (χ2n) is 6.67. The van der Waals surface area contributed by atoms with Gasteiger partial charge in [-0.05, 0) is 49.0 Å². The molecule has 1 saturated carbocycles. The van der Waals surface area contributed by atoms with Gasteiger partial charge in [-0.3, -0.25) is 0 Å². The molecule has 2 aliphatic rings. The van der Waals surface area contributed by atoms with Gasteiger partial charge in [0.05, 0.1) is 6.61 Å². The number of hydrogen-bond acceptors (Lipinski definition) is 2. The van der Waals surface area contributed by atoms with Crippen molar-refractivity contribution in [2.24, 2.45) is 17.3 Å². The molecule has 1 heterocycles. The minimum absolute atomic E-state index is 0.349. The van der Waals surface area contributed by atoms with Gasteiger partial charge in [-0.15, -0.1) is 0 Å². The summed E-state index contributed by atoms with van der Waals surface area (Å²) in [7, 11) is 0. The van der Waals surface area contributed by atoms with Crippen LogP contribution < -0.4 is 0 Å². The van der Waals surface area contributed by atoms with Crippen LogP contribution in [0.4, 0.5) is 0 Å². The molecule has 17 heavy (non-hydrogen) atoms. The highest BCUT2D eigenvalue weighted by molar-refractivity contribution is 5.06. The molecule has 1 unspecified atom stereocenters. The Bertz CT molecular complexity index is 280. The quantitative estimate of drug-likeness (QED) is 0.797. The Kier molecular flexibility index (Phi) is 3.82. The van der Waals surface area contributed by atoms with Gasteiger partial charge in [0.1, 0.15) is 11.9 Å². The van der Waals surface area contributed by atoms with Crippen molar-refractivity contribution in [1.29, 1.82) is 0 Å². The summed E-state index contributed by atoms with van der Waals surface area (Å²) in [5, 5.41) is 10.3. The number of hydrogen-bond donors (Lipinski definition) is 1. The molecule has 1 N–H and O–H groups in total. The van der Waals surface area contributed by atoms with Gasteiger partial charge in [-0.2, -0.15) is 0 Å². The Balaban J connectivity index is 1.86. The highest BCUT2D eigenvalue weighted by Gasteiger charge is 2.34. The maximum atomic E-state index is 10.3. The largest absolute Gasteiger partial charge is 0.495 e. The van der Waals surface area contributed by atoms with Crippen LogP contribution in [0.15, 0.2) is 11.8 Å². The van der Waals surface area contributed by atoms with E-state index in [2.05, 4.69) is 26.8 Å². The van der Waals surface area contributed by atoms with Crippen LogP contribution >= 0.6 is 0 Å². The Labute approximate surface area is 105 Å². The van der Waals surface area contributed by atoms with E-state index in [1.54, 1.807) is 0 Å². The van der Waals surface area contributed by atoms with Crippen molar-refractivity contribution < 1.29 is 9.84 Å². The van der Waals surface area contributed by atoms with E-state index >= 15 is 0 Å². The van der Waals surface area contributed by atoms with Crippen LogP contribution in [0.25, 0.3) is 0 Å². The summed E-state index contributed by atoms with van der Waals surface area (Å²) in [6.07, 6.45) is 7.45. The van der Waals surface area contributed by atoms with Crippen LogP contribution in [0.2, 0.25) is 0 Å². The van der Waals surface area contributed by atoms with E-state index in [1.165, 1.54) is 12.8 Å². The lowest BCUT2D eigenvalue weighted by molar-refractivity contribution is 0.0380. The van der Waals surface area contributed by atoms with Gasteiger partial charge in [-0.1, -0.05) is 20.8 Å². The molecule has 0 spiro atoms. The van der Waals surface area contributed by atoms with Crippen molar-refractivity contribution in [3.63, 3.8) is 0 Å². The van der Waals surface area contributed by atoms with Gasteiger partial charge in [0.2, 0.25) is 0 Å². The normalized spacial score (nSPS) is 31.9. The van der Waals surface area contributed by atoms with Gasteiger partial charge in [0.15, 0.2) is 0 Å². The fourth-order valence-electron chi connectivity index (χ4n) is 3.18. The van der Waals surface area contributed by atoms with E-state index in [1.807, 2.05) is 0 Å². The third-order valence-electron chi connectivity index (χ3n) is 4.47. The van der Waals surface area contributed by atoms with Crippen LogP contribution in [0.1, 0.15) is 52.9 Å². The first-order valence-electron chi connectivity index (χ1n) is 6.99. The third-order valence-corrected chi connectivity index (χ3v) is 4.47. The fourth-order valence-corrected chi connectivity index (χ4v) is 3.18. The van der Waals surface area contributed by atoms with Crippen molar-refractivity contribution in [2.45, 2.75) is 59.0 Å².